The topological polar surface area (TPSA) is 72.2 Å². The summed E-state index contributed by atoms with van der Waals surface area (Å²) in [7, 11) is 0. The first-order chi connectivity index (χ1) is 10.5. The Balaban J connectivity index is 2.12. The Hall–Kier alpha value is -3.02. The van der Waals surface area contributed by atoms with Gasteiger partial charge < -0.3 is 5.32 Å². The molecule has 0 bridgehead atoms. The molecule has 112 valence electrons. The molecule has 6 heteroatoms. The van der Waals surface area contributed by atoms with E-state index < -0.39 is 10.8 Å². The number of anilines is 1. The summed E-state index contributed by atoms with van der Waals surface area (Å²) in [6, 6.07) is 10.1. The highest BCUT2D eigenvalue weighted by Crippen LogP contribution is 2.25. The van der Waals surface area contributed by atoms with Gasteiger partial charge in [0.1, 0.15) is 11.5 Å². The van der Waals surface area contributed by atoms with Gasteiger partial charge in [0.15, 0.2) is 0 Å². The lowest BCUT2D eigenvalue weighted by atomic mass is 10.2. The van der Waals surface area contributed by atoms with E-state index in [2.05, 4.69) is 5.32 Å². The van der Waals surface area contributed by atoms with Crippen molar-refractivity contribution in [1.29, 1.82) is 0 Å². The second-order valence-electron chi connectivity index (χ2n) is 4.65. The molecule has 5 nitrogen and oxygen atoms in total. The zero-order chi connectivity index (χ0) is 16.1. The first-order valence-electron chi connectivity index (χ1n) is 6.45. The van der Waals surface area contributed by atoms with Gasteiger partial charge in [0.05, 0.1) is 4.92 Å². The maximum Gasteiger partial charge on any atom is 0.293 e. The summed E-state index contributed by atoms with van der Waals surface area (Å²) in [6.45, 7) is 1.73. The number of rotatable bonds is 4. The molecule has 0 aliphatic rings. The van der Waals surface area contributed by atoms with Crippen molar-refractivity contribution >= 4 is 23.4 Å². The van der Waals surface area contributed by atoms with Crippen LogP contribution in [0.1, 0.15) is 11.1 Å². The molecule has 1 N–H and O–H groups in total. The van der Waals surface area contributed by atoms with Gasteiger partial charge in [-0.15, -0.1) is 0 Å². The predicted octanol–water partition coefficient (Wildman–Crippen LogP) is 3.69. The summed E-state index contributed by atoms with van der Waals surface area (Å²) in [5.41, 5.74) is 1.34. The van der Waals surface area contributed by atoms with Crippen LogP contribution in [0.2, 0.25) is 0 Å². The molecule has 22 heavy (non-hydrogen) atoms. The van der Waals surface area contributed by atoms with E-state index in [1.165, 1.54) is 48.6 Å². The van der Waals surface area contributed by atoms with Crippen LogP contribution in [0.15, 0.2) is 48.5 Å². The molecule has 0 saturated heterocycles. The van der Waals surface area contributed by atoms with Crippen LogP contribution in [0.3, 0.4) is 0 Å². The van der Waals surface area contributed by atoms with E-state index in [-0.39, 0.29) is 17.2 Å². The van der Waals surface area contributed by atoms with Crippen molar-refractivity contribution in [3.05, 3.63) is 75.6 Å². The fraction of sp³-hybridized carbons (Fsp3) is 0.0625. The lowest BCUT2D eigenvalue weighted by Gasteiger charge is -2.04. The van der Waals surface area contributed by atoms with Gasteiger partial charge in [0.25, 0.3) is 5.69 Å². The van der Waals surface area contributed by atoms with Gasteiger partial charge in [-0.2, -0.15) is 0 Å². The number of nitrogens with zero attached hydrogens (tertiary/aromatic N) is 1. The van der Waals surface area contributed by atoms with Gasteiger partial charge in [-0.05, 0) is 42.3 Å². The third-order valence-electron chi connectivity index (χ3n) is 2.90. The Kier molecular flexibility index (Phi) is 4.63. The Morgan fingerprint density at radius 1 is 1.23 bits per heavy atom. The number of carbonyl (C=O) groups is 1. The van der Waals surface area contributed by atoms with E-state index >= 15 is 0 Å². The van der Waals surface area contributed by atoms with Gasteiger partial charge in [0, 0.05) is 12.1 Å². The number of halogens is 1. The van der Waals surface area contributed by atoms with Crippen molar-refractivity contribution < 1.29 is 14.1 Å². The van der Waals surface area contributed by atoms with Crippen molar-refractivity contribution in [2.75, 3.05) is 5.32 Å². The molecule has 0 aliphatic heterocycles. The van der Waals surface area contributed by atoms with Gasteiger partial charge in [-0.3, -0.25) is 14.9 Å². The lowest BCUT2D eigenvalue weighted by Crippen LogP contribution is -2.09. The lowest BCUT2D eigenvalue weighted by molar-refractivity contribution is -0.384. The minimum absolute atomic E-state index is 0.129. The van der Waals surface area contributed by atoms with Crippen molar-refractivity contribution in [1.82, 2.24) is 0 Å². The molecule has 0 heterocycles. The average molecular weight is 300 g/mol. The molecule has 1 amide bonds. The molecule has 0 spiro atoms. The third-order valence-corrected chi connectivity index (χ3v) is 2.90. The van der Waals surface area contributed by atoms with Crippen molar-refractivity contribution in [2.24, 2.45) is 0 Å². The second-order valence-corrected chi connectivity index (χ2v) is 4.65. The number of amides is 1. The molecule has 0 fully saturated rings. The molecule has 0 atom stereocenters. The molecule has 2 aromatic rings. The van der Waals surface area contributed by atoms with E-state index in [1.807, 2.05) is 0 Å². The summed E-state index contributed by atoms with van der Waals surface area (Å²) in [5, 5.41) is 13.4. The second kappa shape index (κ2) is 6.62. The highest BCUT2D eigenvalue weighted by Gasteiger charge is 2.14. The standard InChI is InChI=1S/C16H13FN2O3/c1-11-2-8-14(15(10-11)19(21)22)18-16(20)9-5-12-3-6-13(17)7-4-12/h2-10H,1H3,(H,18,20). The highest BCUT2D eigenvalue weighted by atomic mass is 19.1. The normalized spacial score (nSPS) is 10.6. The minimum atomic E-state index is -0.549. The molecule has 0 unspecified atom stereocenters. The van der Waals surface area contributed by atoms with Crippen LogP contribution in [0.5, 0.6) is 0 Å². The number of nitro benzene ring substituents is 1. The molecular weight excluding hydrogens is 287 g/mol. The van der Waals surface area contributed by atoms with Crippen molar-refractivity contribution in [3.8, 4) is 0 Å². The Labute approximate surface area is 126 Å². The molecular formula is C16H13FN2O3. The van der Waals surface area contributed by atoms with E-state index in [0.717, 1.165) is 5.56 Å². The maximum atomic E-state index is 12.8. The van der Waals surface area contributed by atoms with E-state index in [0.29, 0.717) is 5.56 Å². The van der Waals surface area contributed by atoms with Crippen LogP contribution in [-0.2, 0) is 4.79 Å². The van der Waals surface area contributed by atoms with E-state index in [1.54, 1.807) is 13.0 Å². The van der Waals surface area contributed by atoms with Gasteiger partial charge in [-0.1, -0.05) is 18.2 Å². The van der Waals surface area contributed by atoms with Crippen LogP contribution in [0.25, 0.3) is 6.08 Å². The number of hydrogen-bond acceptors (Lipinski definition) is 3. The fourth-order valence-corrected chi connectivity index (χ4v) is 1.82. The van der Waals surface area contributed by atoms with Crippen LogP contribution >= 0.6 is 0 Å². The number of nitro groups is 1. The summed E-state index contributed by atoms with van der Waals surface area (Å²) < 4.78 is 12.8. The Morgan fingerprint density at radius 2 is 1.91 bits per heavy atom. The Morgan fingerprint density at radius 3 is 2.55 bits per heavy atom. The number of aryl methyl sites for hydroxylation is 1. The Bertz CT molecular complexity index is 740. The average Bonchev–Trinajstić information content (AvgIpc) is 2.48. The van der Waals surface area contributed by atoms with Crippen molar-refractivity contribution in [2.45, 2.75) is 6.92 Å². The van der Waals surface area contributed by atoms with Gasteiger partial charge in [-0.25, -0.2) is 4.39 Å². The first-order valence-corrected chi connectivity index (χ1v) is 6.45. The van der Waals surface area contributed by atoms with Crippen molar-refractivity contribution in [3.63, 3.8) is 0 Å². The summed E-state index contributed by atoms with van der Waals surface area (Å²) in [4.78, 5) is 22.2. The van der Waals surface area contributed by atoms with Gasteiger partial charge >= 0.3 is 0 Å². The maximum absolute atomic E-state index is 12.8. The summed E-state index contributed by atoms with van der Waals surface area (Å²) >= 11 is 0. The SMILES string of the molecule is Cc1ccc(NC(=O)C=Cc2ccc(F)cc2)c([N+](=O)[O-])c1. The largest absolute Gasteiger partial charge is 0.317 e. The summed E-state index contributed by atoms with van der Waals surface area (Å²) in [5.74, 6) is -0.867. The molecule has 2 rings (SSSR count). The number of nitrogens with one attached hydrogen (secondary N) is 1. The number of hydrogen-bond donors (Lipinski definition) is 1. The summed E-state index contributed by atoms with van der Waals surface area (Å²) in [6.07, 6.45) is 2.73. The predicted molar refractivity (Wildman–Crippen MR) is 81.9 cm³/mol. The quantitative estimate of drug-likeness (QED) is 0.531. The van der Waals surface area contributed by atoms with Gasteiger partial charge in [0.2, 0.25) is 5.91 Å². The number of benzene rings is 2. The van der Waals surface area contributed by atoms with E-state index in [4.69, 9.17) is 0 Å². The zero-order valence-corrected chi connectivity index (χ0v) is 11.7. The molecule has 0 aliphatic carbocycles. The molecule has 0 radical (unpaired) electrons. The fourth-order valence-electron chi connectivity index (χ4n) is 1.82. The third kappa shape index (κ3) is 3.99. The highest BCUT2D eigenvalue weighted by molar-refractivity contribution is 6.03. The first kappa shape index (κ1) is 15.4. The minimum Gasteiger partial charge on any atom is -0.317 e. The van der Waals surface area contributed by atoms with Crippen LogP contribution in [0, 0.1) is 22.9 Å². The number of carbonyl (C=O) groups excluding carboxylic acids is 1. The molecule has 0 aromatic heterocycles. The molecule has 0 saturated carbocycles. The van der Waals surface area contributed by atoms with E-state index in [9.17, 15) is 19.3 Å². The monoisotopic (exact) mass is 300 g/mol. The van der Waals surface area contributed by atoms with Crippen LogP contribution < -0.4 is 5.32 Å². The smallest absolute Gasteiger partial charge is 0.293 e. The van der Waals surface area contributed by atoms with Crippen LogP contribution in [-0.4, -0.2) is 10.8 Å². The molecule has 2 aromatic carbocycles. The van der Waals surface area contributed by atoms with Crippen LogP contribution in [0.4, 0.5) is 15.8 Å². The zero-order valence-electron chi connectivity index (χ0n) is 11.7.